The number of rotatable bonds is 6. The SMILES string of the molecule is Cl.NCCC(=O)N1CCC[C@@H](n2nc(-c3ccc(Oc4ccccc4)cc3)c3c(N)ncnc32)C1. The Morgan fingerprint density at radius 2 is 1.80 bits per heavy atom. The van der Waals surface area contributed by atoms with Crippen LogP contribution in [0.25, 0.3) is 22.3 Å². The van der Waals surface area contributed by atoms with Crippen molar-refractivity contribution in [2.45, 2.75) is 25.3 Å². The van der Waals surface area contributed by atoms with Gasteiger partial charge in [-0.2, -0.15) is 5.10 Å². The number of carbonyl (C=O) groups is 1. The molecule has 182 valence electrons. The highest BCUT2D eigenvalue weighted by Crippen LogP contribution is 2.34. The van der Waals surface area contributed by atoms with E-state index in [2.05, 4.69) is 9.97 Å². The van der Waals surface area contributed by atoms with Crippen molar-refractivity contribution in [3.05, 3.63) is 60.9 Å². The van der Waals surface area contributed by atoms with E-state index in [1.54, 1.807) is 0 Å². The van der Waals surface area contributed by atoms with Crippen LogP contribution in [0, 0.1) is 0 Å². The number of para-hydroxylation sites is 1. The molecule has 1 saturated heterocycles. The maximum atomic E-state index is 12.4. The fourth-order valence-electron chi connectivity index (χ4n) is 4.42. The number of halogens is 1. The lowest BCUT2D eigenvalue weighted by atomic mass is 10.1. The number of hydrogen-bond donors (Lipinski definition) is 2. The molecule has 35 heavy (non-hydrogen) atoms. The second kappa shape index (κ2) is 10.7. The van der Waals surface area contributed by atoms with Crippen LogP contribution >= 0.6 is 12.4 Å². The molecule has 0 radical (unpaired) electrons. The number of amides is 1. The van der Waals surface area contributed by atoms with Gasteiger partial charge < -0.3 is 21.1 Å². The molecule has 2 aromatic carbocycles. The molecule has 4 aromatic rings. The minimum atomic E-state index is 0. The van der Waals surface area contributed by atoms with Crippen molar-refractivity contribution in [1.82, 2.24) is 24.6 Å². The van der Waals surface area contributed by atoms with E-state index in [0.29, 0.717) is 42.1 Å². The van der Waals surface area contributed by atoms with Crippen LogP contribution in [0.4, 0.5) is 5.82 Å². The third-order valence-corrected chi connectivity index (χ3v) is 6.08. The molecule has 1 aliphatic rings. The maximum absolute atomic E-state index is 12.4. The summed E-state index contributed by atoms with van der Waals surface area (Å²) < 4.78 is 7.82. The highest BCUT2D eigenvalue weighted by Gasteiger charge is 2.28. The van der Waals surface area contributed by atoms with E-state index in [0.717, 1.165) is 36.4 Å². The van der Waals surface area contributed by atoms with E-state index in [4.69, 9.17) is 21.3 Å². The summed E-state index contributed by atoms with van der Waals surface area (Å²) in [6.45, 7) is 1.66. The average molecular weight is 494 g/mol. The smallest absolute Gasteiger partial charge is 0.223 e. The minimum Gasteiger partial charge on any atom is -0.457 e. The van der Waals surface area contributed by atoms with Gasteiger partial charge in [0, 0.05) is 31.6 Å². The largest absolute Gasteiger partial charge is 0.457 e. The maximum Gasteiger partial charge on any atom is 0.223 e. The minimum absolute atomic E-state index is 0. The van der Waals surface area contributed by atoms with E-state index in [1.807, 2.05) is 64.2 Å². The molecule has 3 heterocycles. The Morgan fingerprint density at radius 3 is 2.54 bits per heavy atom. The van der Waals surface area contributed by atoms with Crippen molar-refractivity contribution in [3.63, 3.8) is 0 Å². The normalized spacial score (nSPS) is 15.6. The number of nitrogens with two attached hydrogens (primary N) is 2. The van der Waals surface area contributed by atoms with Crippen LogP contribution < -0.4 is 16.2 Å². The number of nitrogen functional groups attached to an aromatic ring is 1. The zero-order valence-electron chi connectivity index (χ0n) is 19.2. The van der Waals surface area contributed by atoms with Crippen LogP contribution in [-0.4, -0.2) is 50.2 Å². The lowest BCUT2D eigenvalue weighted by molar-refractivity contribution is -0.132. The number of nitrogens with zero attached hydrogens (tertiary/aromatic N) is 5. The predicted octanol–water partition coefficient (Wildman–Crippen LogP) is 3.80. The van der Waals surface area contributed by atoms with Gasteiger partial charge in [0.25, 0.3) is 0 Å². The molecule has 0 saturated carbocycles. The van der Waals surface area contributed by atoms with Crippen molar-refractivity contribution in [1.29, 1.82) is 0 Å². The number of likely N-dealkylation sites (tertiary alicyclic amines) is 1. The number of aromatic nitrogens is 4. The first kappa shape index (κ1) is 24.4. The lowest BCUT2D eigenvalue weighted by Gasteiger charge is -2.33. The van der Waals surface area contributed by atoms with Crippen LogP contribution in [0.3, 0.4) is 0 Å². The van der Waals surface area contributed by atoms with Gasteiger partial charge in [-0.25, -0.2) is 14.6 Å². The first-order valence-corrected chi connectivity index (χ1v) is 11.4. The highest BCUT2D eigenvalue weighted by atomic mass is 35.5. The molecule has 9 nitrogen and oxygen atoms in total. The van der Waals surface area contributed by atoms with E-state index in [-0.39, 0.29) is 24.4 Å². The van der Waals surface area contributed by atoms with Gasteiger partial charge in [0.1, 0.15) is 29.3 Å². The van der Waals surface area contributed by atoms with Gasteiger partial charge >= 0.3 is 0 Å². The van der Waals surface area contributed by atoms with E-state index in [9.17, 15) is 4.79 Å². The van der Waals surface area contributed by atoms with Gasteiger partial charge in [-0.3, -0.25) is 4.79 Å². The number of fused-ring (bicyclic) bond motifs is 1. The average Bonchev–Trinajstić information content (AvgIpc) is 3.26. The summed E-state index contributed by atoms with van der Waals surface area (Å²) in [4.78, 5) is 23.0. The number of anilines is 1. The molecule has 5 rings (SSSR count). The third kappa shape index (κ3) is 5.06. The molecular formula is C25H28ClN7O2. The Morgan fingerprint density at radius 1 is 1.06 bits per heavy atom. The van der Waals surface area contributed by atoms with Crippen molar-refractivity contribution in [2.75, 3.05) is 25.4 Å². The quantitative estimate of drug-likeness (QED) is 0.418. The van der Waals surface area contributed by atoms with Crippen LogP contribution in [0.1, 0.15) is 25.3 Å². The van der Waals surface area contributed by atoms with Gasteiger partial charge in [-0.1, -0.05) is 18.2 Å². The Hall–Kier alpha value is -3.69. The number of ether oxygens (including phenoxy) is 1. The van der Waals surface area contributed by atoms with E-state index >= 15 is 0 Å². The first-order valence-electron chi connectivity index (χ1n) is 11.4. The van der Waals surface area contributed by atoms with E-state index in [1.165, 1.54) is 6.33 Å². The number of hydrogen-bond acceptors (Lipinski definition) is 7. The molecule has 0 bridgehead atoms. The topological polar surface area (TPSA) is 125 Å². The number of benzene rings is 2. The zero-order valence-corrected chi connectivity index (χ0v) is 20.0. The number of carbonyl (C=O) groups excluding carboxylic acids is 1. The molecule has 0 aliphatic carbocycles. The molecule has 0 unspecified atom stereocenters. The van der Waals surface area contributed by atoms with Crippen molar-refractivity contribution < 1.29 is 9.53 Å². The second-order valence-corrected chi connectivity index (χ2v) is 8.36. The summed E-state index contributed by atoms with van der Waals surface area (Å²) in [5, 5.41) is 5.64. The summed E-state index contributed by atoms with van der Waals surface area (Å²) in [7, 11) is 0. The Kier molecular flexibility index (Phi) is 7.48. The molecule has 1 atom stereocenters. The second-order valence-electron chi connectivity index (χ2n) is 8.36. The molecule has 1 aliphatic heterocycles. The monoisotopic (exact) mass is 493 g/mol. The van der Waals surface area contributed by atoms with Crippen molar-refractivity contribution in [3.8, 4) is 22.8 Å². The molecule has 1 amide bonds. The summed E-state index contributed by atoms with van der Waals surface area (Å²) in [5.74, 6) is 1.95. The predicted molar refractivity (Wildman–Crippen MR) is 137 cm³/mol. The Labute approximate surface area is 209 Å². The zero-order chi connectivity index (χ0) is 23.5. The molecule has 10 heteroatoms. The van der Waals surface area contributed by atoms with Crippen LogP contribution in [-0.2, 0) is 4.79 Å². The van der Waals surface area contributed by atoms with Gasteiger partial charge in [-0.05, 0) is 49.2 Å². The van der Waals surface area contributed by atoms with Crippen molar-refractivity contribution in [2.24, 2.45) is 5.73 Å². The van der Waals surface area contributed by atoms with Crippen molar-refractivity contribution >= 4 is 35.2 Å². The molecular weight excluding hydrogens is 466 g/mol. The molecule has 4 N–H and O–H groups in total. The Balaban J connectivity index is 0.00000289. The first-order chi connectivity index (χ1) is 16.6. The molecule has 2 aromatic heterocycles. The van der Waals surface area contributed by atoms with Gasteiger partial charge in [0.2, 0.25) is 5.91 Å². The van der Waals surface area contributed by atoms with Crippen LogP contribution in [0.2, 0.25) is 0 Å². The van der Waals surface area contributed by atoms with Gasteiger partial charge in [-0.15, -0.1) is 12.4 Å². The lowest BCUT2D eigenvalue weighted by Crippen LogP contribution is -2.41. The summed E-state index contributed by atoms with van der Waals surface area (Å²) in [6.07, 6.45) is 3.60. The standard InChI is InChI=1S/C25H27N7O2.ClH/c26-13-12-21(33)31-14-4-5-18(15-31)32-25-22(24(27)28-16-29-25)23(30-32)17-8-10-20(11-9-17)34-19-6-2-1-3-7-19;/h1-3,6-11,16,18H,4-5,12-15,26H2,(H2,27,28,29);1H/t18-;/m1./s1. The molecule has 1 fully saturated rings. The number of piperidine rings is 1. The van der Waals surface area contributed by atoms with Crippen LogP contribution in [0.15, 0.2) is 60.9 Å². The van der Waals surface area contributed by atoms with Crippen LogP contribution in [0.5, 0.6) is 11.5 Å². The summed E-state index contributed by atoms with van der Waals surface area (Å²) in [6, 6.07) is 17.3. The Bertz CT molecular complexity index is 1290. The fraction of sp³-hybridized carbons (Fsp3) is 0.280. The highest BCUT2D eigenvalue weighted by molar-refractivity contribution is 5.98. The summed E-state index contributed by atoms with van der Waals surface area (Å²) in [5.41, 5.74) is 14.1. The van der Waals surface area contributed by atoms with Gasteiger partial charge in [0.05, 0.1) is 11.4 Å². The third-order valence-electron chi connectivity index (χ3n) is 6.08. The summed E-state index contributed by atoms with van der Waals surface area (Å²) >= 11 is 0. The van der Waals surface area contributed by atoms with E-state index < -0.39 is 0 Å². The molecule has 0 spiro atoms. The fourth-order valence-corrected chi connectivity index (χ4v) is 4.42. The van der Waals surface area contributed by atoms with Gasteiger partial charge in [0.15, 0.2) is 5.65 Å².